The Hall–Kier alpha value is -4.20. The number of likely N-dealkylation sites (tertiary alicyclic amines) is 1. The van der Waals surface area contributed by atoms with E-state index in [-0.39, 0.29) is 11.8 Å². The molecule has 4 heterocycles. The summed E-state index contributed by atoms with van der Waals surface area (Å²) in [7, 11) is 1.99. The van der Waals surface area contributed by atoms with Crippen molar-refractivity contribution in [3.63, 3.8) is 0 Å². The number of hydrogen-bond acceptors (Lipinski definition) is 6. The summed E-state index contributed by atoms with van der Waals surface area (Å²) in [5.41, 5.74) is 11.1. The number of rotatable bonds is 5. The van der Waals surface area contributed by atoms with Crippen molar-refractivity contribution in [2.45, 2.75) is 19.3 Å². The minimum Gasteiger partial charge on any atom is -0.439 e. The maximum atomic E-state index is 12.2. The summed E-state index contributed by atoms with van der Waals surface area (Å²) in [6, 6.07) is 13.5. The number of anilines is 1. The minimum atomic E-state index is -0.0478. The normalized spacial score (nSPS) is 15.6. The maximum absolute atomic E-state index is 12.2. The average Bonchev–Trinajstić information content (AvgIpc) is 3.43. The number of aromatic nitrogens is 4. The monoisotopic (exact) mass is 454 g/mol. The van der Waals surface area contributed by atoms with Crippen molar-refractivity contribution in [1.82, 2.24) is 24.4 Å². The van der Waals surface area contributed by atoms with Crippen LogP contribution < -0.4 is 10.5 Å². The summed E-state index contributed by atoms with van der Waals surface area (Å²) < 4.78 is 8.01. The average molecular weight is 455 g/mol. The minimum absolute atomic E-state index is 0.0478. The zero-order chi connectivity index (χ0) is 23.8. The van der Waals surface area contributed by atoms with Gasteiger partial charge in [-0.2, -0.15) is 0 Å². The van der Waals surface area contributed by atoms with Gasteiger partial charge in [0.15, 0.2) is 0 Å². The Labute approximate surface area is 197 Å². The van der Waals surface area contributed by atoms with Crippen molar-refractivity contribution >= 4 is 22.8 Å². The van der Waals surface area contributed by atoms with Crippen molar-refractivity contribution in [3.05, 3.63) is 72.8 Å². The number of aryl methyl sites for hydroxylation is 2. The largest absolute Gasteiger partial charge is 0.439 e. The number of carbonyl (C=O) groups excluding carboxylic acids is 1. The number of nitrogens with two attached hydrogens (primary N) is 1. The fourth-order valence-electron chi connectivity index (χ4n) is 4.76. The molecule has 34 heavy (non-hydrogen) atoms. The second-order valence-corrected chi connectivity index (χ2v) is 8.49. The van der Waals surface area contributed by atoms with E-state index in [1.807, 2.05) is 61.3 Å². The summed E-state index contributed by atoms with van der Waals surface area (Å²) in [6.07, 6.45) is 3.71. The van der Waals surface area contributed by atoms with Gasteiger partial charge in [0.05, 0.1) is 5.39 Å². The third-order valence-corrected chi connectivity index (χ3v) is 6.33. The Bertz CT molecular complexity index is 1390. The number of amides is 1. The molecule has 0 spiro atoms. The lowest BCUT2D eigenvalue weighted by Gasteiger charge is -2.17. The first-order valence-electron chi connectivity index (χ1n) is 11.2. The highest BCUT2D eigenvalue weighted by atomic mass is 16.5. The second-order valence-electron chi connectivity index (χ2n) is 8.49. The molecule has 1 fully saturated rings. The number of benzene rings is 1. The summed E-state index contributed by atoms with van der Waals surface area (Å²) >= 11 is 0. The lowest BCUT2D eigenvalue weighted by atomic mass is 9.94. The van der Waals surface area contributed by atoms with Crippen LogP contribution in [0.3, 0.4) is 0 Å². The predicted molar refractivity (Wildman–Crippen MR) is 132 cm³/mol. The first-order valence-corrected chi connectivity index (χ1v) is 11.2. The third-order valence-electron chi connectivity index (χ3n) is 6.33. The number of nitrogens with zero attached hydrogens (tertiary/aromatic N) is 5. The Balaban J connectivity index is 1.57. The predicted octanol–water partition coefficient (Wildman–Crippen LogP) is 4.22. The lowest BCUT2D eigenvalue weighted by molar-refractivity contribution is -0.125. The SMILES string of the molecule is C=CC(=O)N1CC[C@@H](c2c(-c3ccc(Oc4cccc(C)n4)cc3)c3c(N)ncnc3n2C)C1. The van der Waals surface area contributed by atoms with Gasteiger partial charge >= 0.3 is 0 Å². The molecule has 172 valence electrons. The number of fused-ring (bicyclic) bond motifs is 1. The van der Waals surface area contributed by atoms with Gasteiger partial charge in [-0.15, -0.1) is 0 Å². The summed E-state index contributed by atoms with van der Waals surface area (Å²) in [5, 5.41) is 0.822. The van der Waals surface area contributed by atoms with Crippen LogP contribution in [-0.4, -0.2) is 43.4 Å². The standard InChI is InChI=1S/C26H26N6O2/c1-4-21(33)32-13-12-18(14-32)24-22(23-25(27)28-15-29-26(23)31(24)3)17-8-10-19(11-9-17)34-20-7-5-6-16(2)30-20/h4-11,15,18H,1,12-14H2,2-3H3,(H2,27,28,29)/t18-/m1/s1. The van der Waals surface area contributed by atoms with Gasteiger partial charge in [-0.25, -0.2) is 15.0 Å². The highest BCUT2D eigenvalue weighted by Gasteiger charge is 2.32. The van der Waals surface area contributed by atoms with Crippen molar-refractivity contribution < 1.29 is 9.53 Å². The Morgan fingerprint density at radius 3 is 2.74 bits per heavy atom. The van der Waals surface area contributed by atoms with E-state index in [1.165, 1.54) is 12.4 Å². The van der Waals surface area contributed by atoms with Gasteiger partial charge in [-0.1, -0.05) is 24.8 Å². The highest BCUT2D eigenvalue weighted by molar-refractivity contribution is 6.02. The molecule has 8 heteroatoms. The molecule has 4 aromatic rings. The molecule has 0 bridgehead atoms. The molecule has 0 aliphatic carbocycles. The first-order chi connectivity index (χ1) is 16.5. The smallest absolute Gasteiger partial charge is 0.245 e. The van der Waals surface area contributed by atoms with Crippen LogP contribution in [0.15, 0.2) is 61.4 Å². The molecule has 1 saturated heterocycles. The van der Waals surface area contributed by atoms with Crippen molar-refractivity contribution in [3.8, 4) is 22.8 Å². The van der Waals surface area contributed by atoms with Gasteiger partial charge in [-0.3, -0.25) is 4.79 Å². The summed E-state index contributed by atoms with van der Waals surface area (Å²) in [4.78, 5) is 27.2. The number of pyridine rings is 1. The van der Waals surface area contributed by atoms with Crippen LogP contribution in [0.2, 0.25) is 0 Å². The number of ether oxygens (including phenoxy) is 1. The number of hydrogen-bond donors (Lipinski definition) is 1. The molecule has 1 amide bonds. The molecular weight excluding hydrogens is 428 g/mol. The summed E-state index contributed by atoms with van der Waals surface area (Å²) in [6.45, 7) is 6.86. The van der Waals surface area contributed by atoms with E-state index < -0.39 is 0 Å². The van der Waals surface area contributed by atoms with Gasteiger partial charge in [0.25, 0.3) is 0 Å². The summed E-state index contributed by atoms with van der Waals surface area (Å²) in [5.74, 6) is 1.77. The van der Waals surface area contributed by atoms with E-state index in [0.717, 1.165) is 40.0 Å². The van der Waals surface area contributed by atoms with Crippen molar-refractivity contribution in [2.75, 3.05) is 18.8 Å². The molecule has 2 N–H and O–H groups in total. The van der Waals surface area contributed by atoms with Crippen LogP contribution in [-0.2, 0) is 11.8 Å². The van der Waals surface area contributed by atoms with Gasteiger partial charge < -0.3 is 19.9 Å². The lowest BCUT2D eigenvalue weighted by Crippen LogP contribution is -2.26. The molecule has 1 aromatic carbocycles. The van der Waals surface area contributed by atoms with Crippen molar-refractivity contribution in [1.29, 1.82) is 0 Å². The highest BCUT2D eigenvalue weighted by Crippen LogP contribution is 2.42. The molecule has 8 nitrogen and oxygen atoms in total. The van der Waals surface area contributed by atoms with Crippen LogP contribution in [0, 0.1) is 6.92 Å². The van der Waals surface area contributed by atoms with Gasteiger partial charge in [0.2, 0.25) is 11.8 Å². The third kappa shape index (κ3) is 3.77. The topological polar surface area (TPSA) is 99.2 Å². The van der Waals surface area contributed by atoms with E-state index in [9.17, 15) is 4.79 Å². The fourth-order valence-corrected chi connectivity index (χ4v) is 4.76. The van der Waals surface area contributed by atoms with E-state index in [4.69, 9.17) is 10.5 Å². The molecule has 5 rings (SSSR count). The maximum Gasteiger partial charge on any atom is 0.245 e. The number of carbonyl (C=O) groups is 1. The second kappa shape index (κ2) is 8.62. The van der Waals surface area contributed by atoms with E-state index in [0.29, 0.717) is 30.5 Å². The van der Waals surface area contributed by atoms with E-state index >= 15 is 0 Å². The Morgan fingerprint density at radius 1 is 1.21 bits per heavy atom. The van der Waals surface area contributed by atoms with Gasteiger partial charge in [0.1, 0.15) is 23.5 Å². The Morgan fingerprint density at radius 2 is 2.00 bits per heavy atom. The van der Waals surface area contributed by atoms with Crippen LogP contribution >= 0.6 is 0 Å². The molecule has 1 aliphatic heterocycles. The number of nitrogen functional groups attached to an aromatic ring is 1. The zero-order valence-corrected chi connectivity index (χ0v) is 19.2. The molecule has 0 radical (unpaired) electrons. The Kier molecular flexibility index (Phi) is 5.49. The van der Waals surface area contributed by atoms with Crippen LogP contribution in [0.5, 0.6) is 11.6 Å². The van der Waals surface area contributed by atoms with Crippen LogP contribution in [0.4, 0.5) is 5.82 Å². The molecule has 0 unspecified atom stereocenters. The van der Waals surface area contributed by atoms with E-state index in [2.05, 4.69) is 26.1 Å². The first kappa shape index (κ1) is 21.6. The van der Waals surface area contributed by atoms with Crippen LogP contribution in [0.25, 0.3) is 22.2 Å². The molecule has 0 saturated carbocycles. The van der Waals surface area contributed by atoms with Gasteiger partial charge in [-0.05, 0) is 43.2 Å². The molecule has 1 aliphatic rings. The zero-order valence-electron chi connectivity index (χ0n) is 19.2. The molecule has 1 atom stereocenters. The quantitative estimate of drug-likeness (QED) is 0.454. The van der Waals surface area contributed by atoms with Gasteiger partial charge in [0, 0.05) is 49.1 Å². The fraction of sp³-hybridized carbons (Fsp3) is 0.231. The van der Waals surface area contributed by atoms with Crippen molar-refractivity contribution in [2.24, 2.45) is 7.05 Å². The van der Waals surface area contributed by atoms with Crippen LogP contribution in [0.1, 0.15) is 23.7 Å². The molecular formula is C26H26N6O2. The van der Waals surface area contributed by atoms with E-state index in [1.54, 1.807) is 0 Å². The molecule has 3 aromatic heterocycles.